The van der Waals surface area contributed by atoms with E-state index in [2.05, 4.69) is 59.2 Å². The first-order valence-electron chi connectivity index (χ1n) is 6.61. The van der Waals surface area contributed by atoms with E-state index in [1.807, 2.05) is 12.3 Å². The molecule has 1 aromatic heterocycles. The third-order valence-electron chi connectivity index (χ3n) is 3.10. The summed E-state index contributed by atoms with van der Waals surface area (Å²) in [5.74, 6) is 1.05. The molecule has 3 heteroatoms. The van der Waals surface area contributed by atoms with Crippen LogP contribution >= 0.6 is 0 Å². The Morgan fingerprint density at radius 3 is 2.78 bits per heavy atom. The van der Waals surface area contributed by atoms with Crippen LogP contribution in [0.15, 0.2) is 42.7 Å². The van der Waals surface area contributed by atoms with Crippen molar-refractivity contribution in [2.45, 2.75) is 32.9 Å². The number of nitrogens with one attached hydrogen (secondary N) is 1. The van der Waals surface area contributed by atoms with Crippen LogP contribution < -0.4 is 5.32 Å². The van der Waals surface area contributed by atoms with Gasteiger partial charge in [0, 0.05) is 30.5 Å². The molecule has 0 spiro atoms. The first kappa shape index (κ1) is 12.8. The number of benzene rings is 1. The molecule has 1 N–H and O–H groups in total. The Morgan fingerprint density at radius 1 is 1.28 bits per heavy atom. The molecule has 0 aliphatic carbocycles. The number of imidazole rings is 1. The molecule has 0 amide bonds. The standard InChI is InChI=1S/C15H21N3/c1-3-16-13(2)9-11-18-12-10-17-15(18)14-7-5-4-6-8-14/h4-8,10,12-13,16H,3,9,11H2,1-2H3. The first-order chi connectivity index (χ1) is 8.81. The summed E-state index contributed by atoms with van der Waals surface area (Å²) < 4.78 is 2.23. The molecule has 96 valence electrons. The number of hydrogen-bond donors (Lipinski definition) is 1. The topological polar surface area (TPSA) is 29.9 Å². The van der Waals surface area contributed by atoms with E-state index in [1.165, 1.54) is 5.56 Å². The minimum atomic E-state index is 0.543. The highest BCUT2D eigenvalue weighted by atomic mass is 15.1. The molecule has 3 nitrogen and oxygen atoms in total. The number of nitrogens with zero attached hydrogens (tertiary/aromatic N) is 2. The van der Waals surface area contributed by atoms with E-state index in [0.717, 1.165) is 25.3 Å². The summed E-state index contributed by atoms with van der Waals surface area (Å²) in [5.41, 5.74) is 1.18. The average Bonchev–Trinajstić information content (AvgIpc) is 2.86. The van der Waals surface area contributed by atoms with Gasteiger partial charge in [-0.15, -0.1) is 0 Å². The molecule has 2 aromatic rings. The molecule has 18 heavy (non-hydrogen) atoms. The van der Waals surface area contributed by atoms with Crippen LogP contribution in [0.2, 0.25) is 0 Å². The summed E-state index contributed by atoms with van der Waals surface area (Å²) in [4.78, 5) is 4.45. The van der Waals surface area contributed by atoms with Gasteiger partial charge in [-0.2, -0.15) is 0 Å². The smallest absolute Gasteiger partial charge is 0.139 e. The lowest BCUT2D eigenvalue weighted by molar-refractivity contribution is 0.489. The van der Waals surface area contributed by atoms with Crippen LogP contribution in [0.3, 0.4) is 0 Å². The van der Waals surface area contributed by atoms with Gasteiger partial charge in [0.2, 0.25) is 0 Å². The fourth-order valence-corrected chi connectivity index (χ4v) is 2.12. The second kappa shape index (κ2) is 6.36. The van der Waals surface area contributed by atoms with Crippen molar-refractivity contribution < 1.29 is 0 Å². The Morgan fingerprint density at radius 2 is 2.06 bits per heavy atom. The summed E-state index contributed by atoms with van der Waals surface area (Å²) in [5, 5.41) is 3.43. The van der Waals surface area contributed by atoms with Crippen molar-refractivity contribution in [3.05, 3.63) is 42.7 Å². The van der Waals surface area contributed by atoms with Crippen molar-refractivity contribution in [2.75, 3.05) is 6.54 Å². The van der Waals surface area contributed by atoms with Crippen LogP contribution in [-0.2, 0) is 6.54 Å². The molecular weight excluding hydrogens is 222 g/mol. The fourth-order valence-electron chi connectivity index (χ4n) is 2.12. The van der Waals surface area contributed by atoms with Gasteiger partial charge < -0.3 is 9.88 Å². The summed E-state index contributed by atoms with van der Waals surface area (Å²) in [6, 6.07) is 10.9. The monoisotopic (exact) mass is 243 g/mol. The summed E-state index contributed by atoms with van der Waals surface area (Å²) >= 11 is 0. The van der Waals surface area contributed by atoms with E-state index in [0.29, 0.717) is 6.04 Å². The number of aromatic nitrogens is 2. The Bertz CT molecular complexity index is 462. The molecule has 0 fully saturated rings. The van der Waals surface area contributed by atoms with E-state index in [1.54, 1.807) is 0 Å². The van der Waals surface area contributed by atoms with Gasteiger partial charge in [0.25, 0.3) is 0 Å². The maximum Gasteiger partial charge on any atom is 0.139 e. The van der Waals surface area contributed by atoms with Crippen LogP contribution in [0.5, 0.6) is 0 Å². The molecule has 1 aromatic carbocycles. The Kier molecular flexibility index (Phi) is 4.53. The average molecular weight is 243 g/mol. The van der Waals surface area contributed by atoms with Crippen molar-refractivity contribution in [2.24, 2.45) is 0 Å². The zero-order valence-electron chi connectivity index (χ0n) is 11.1. The second-order valence-electron chi connectivity index (χ2n) is 4.56. The summed E-state index contributed by atoms with van der Waals surface area (Å²) in [6.07, 6.45) is 5.05. The summed E-state index contributed by atoms with van der Waals surface area (Å²) in [6.45, 7) is 6.39. The third-order valence-corrected chi connectivity index (χ3v) is 3.10. The molecule has 0 aliphatic heterocycles. The molecule has 0 radical (unpaired) electrons. The molecule has 0 saturated carbocycles. The zero-order valence-corrected chi connectivity index (χ0v) is 11.1. The minimum absolute atomic E-state index is 0.543. The SMILES string of the molecule is CCNC(C)CCn1ccnc1-c1ccccc1. The van der Waals surface area contributed by atoms with Crippen molar-refractivity contribution >= 4 is 0 Å². The van der Waals surface area contributed by atoms with Gasteiger partial charge in [0.05, 0.1) is 0 Å². The molecule has 0 bridgehead atoms. The Hall–Kier alpha value is -1.61. The van der Waals surface area contributed by atoms with Crippen LogP contribution in [0.1, 0.15) is 20.3 Å². The van der Waals surface area contributed by atoms with Gasteiger partial charge in [-0.05, 0) is 19.9 Å². The predicted molar refractivity (Wildman–Crippen MR) is 75.4 cm³/mol. The zero-order chi connectivity index (χ0) is 12.8. The van der Waals surface area contributed by atoms with Gasteiger partial charge in [0.15, 0.2) is 0 Å². The van der Waals surface area contributed by atoms with E-state index < -0.39 is 0 Å². The van der Waals surface area contributed by atoms with E-state index >= 15 is 0 Å². The lowest BCUT2D eigenvalue weighted by Crippen LogP contribution is -2.26. The van der Waals surface area contributed by atoms with E-state index in [4.69, 9.17) is 0 Å². The van der Waals surface area contributed by atoms with Crippen LogP contribution in [0.25, 0.3) is 11.4 Å². The molecule has 2 rings (SSSR count). The van der Waals surface area contributed by atoms with Gasteiger partial charge in [-0.3, -0.25) is 0 Å². The Balaban J connectivity index is 2.05. The first-order valence-corrected chi connectivity index (χ1v) is 6.61. The molecule has 1 atom stereocenters. The quantitative estimate of drug-likeness (QED) is 0.845. The highest BCUT2D eigenvalue weighted by molar-refractivity contribution is 5.54. The number of rotatable bonds is 6. The van der Waals surface area contributed by atoms with Crippen molar-refractivity contribution in [1.29, 1.82) is 0 Å². The molecule has 1 unspecified atom stereocenters. The molecule has 1 heterocycles. The third kappa shape index (κ3) is 3.20. The van der Waals surface area contributed by atoms with Crippen molar-refractivity contribution in [1.82, 2.24) is 14.9 Å². The van der Waals surface area contributed by atoms with Crippen LogP contribution in [0, 0.1) is 0 Å². The number of hydrogen-bond acceptors (Lipinski definition) is 2. The van der Waals surface area contributed by atoms with E-state index in [-0.39, 0.29) is 0 Å². The molecule has 0 saturated heterocycles. The van der Waals surface area contributed by atoms with Crippen molar-refractivity contribution in [3.8, 4) is 11.4 Å². The van der Waals surface area contributed by atoms with Gasteiger partial charge in [0.1, 0.15) is 5.82 Å². The van der Waals surface area contributed by atoms with Crippen LogP contribution in [0.4, 0.5) is 0 Å². The number of aryl methyl sites for hydroxylation is 1. The largest absolute Gasteiger partial charge is 0.331 e. The van der Waals surface area contributed by atoms with Gasteiger partial charge >= 0.3 is 0 Å². The lowest BCUT2D eigenvalue weighted by Gasteiger charge is -2.14. The van der Waals surface area contributed by atoms with Gasteiger partial charge in [-0.1, -0.05) is 37.3 Å². The predicted octanol–water partition coefficient (Wildman–Crippen LogP) is 2.94. The normalized spacial score (nSPS) is 12.6. The highest BCUT2D eigenvalue weighted by Gasteiger charge is 2.06. The highest BCUT2D eigenvalue weighted by Crippen LogP contribution is 2.17. The minimum Gasteiger partial charge on any atom is -0.331 e. The summed E-state index contributed by atoms with van der Waals surface area (Å²) in [7, 11) is 0. The van der Waals surface area contributed by atoms with E-state index in [9.17, 15) is 0 Å². The molecule has 0 aliphatic rings. The fraction of sp³-hybridized carbons (Fsp3) is 0.400. The van der Waals surface area contributed by atoms with Crippen LogP contribution in [-0.4, -0.2) is 22.1 Å². The lowest BCUT2D eigenvalue weighted by atomic mass is 10.2. The maximum atomic E-state index is 4.45. The maximum absolute atomic E-state index is 4.45. The van der Waals surface area contributed by atoms with Crippen molar-refractivity contribution in [3.63, 3.8) is 0 Å². The Labute approximate surface area is 109 Å². The molecular formula is C15H21N3. The van der Waals surface area contributed by atoms with Gasteiger partial charge in [-0.25, -0.2) is 4.98 Å². The second-order valence-corrected chi connectivity index (χ2v) is 4.56.